The number of ether oxygens (including phenoxy) is 1. The summed E-state index contributed by atoms with van der Waals surface area (Å²) >= 11 is 0. The molecule has 3 nitrogen and oxygen atoms in total. The second-order valence-electron chi connectivity index (χ2n) is 12.3. The highest BCUT2D eigenvalue weighted by atomic mass is 19.3. The van der Waals surface area contributed by atoms with Crippen molar-refractivity contribution in [3.63, 3.8) is 0 Å². The van der Waals surface area contributed by atoms with E-state index >= 15 is 0 Å². The van der Waals surface area contributed by atoms with Crippen LogP contribution in [0.2, 0.25) is 0 Å². The molecular weight excluding hydrogens is 410 g/mol. The molecule has 32 heavy (non-hydrogen) atoms. The normalized spacial score (nSPS) is 47.3. The Morgan fingerprint density at radius 3 is 2.59 bits per heavy atom. The predicted molar refractivity (Wildman–Crippen MR) is 122 cm³/mol. The highest BCUT2D eigenvalue weighted by Gasteiger charge is 2.63. The van der Waals surface area contributed by atoms with Gasteiger partial charge >= 0.3 is 0 Å². The first-order chi connectivity index (χ1) is 14.9. The molecule has 9 atom stereocenters. The minimum absolute atomic E-state index is 0.00663. The topological polar surface area (TPSA) is 49.7 Å². The van der Waals surface area contributed by atoms with Crippen LogP contribution in [0.25, 0.3) is 0 Å². The van der Waals surface area contributed by atoms with Crippen LogP contribution in [0.3, 0.4) is 0 Å². The van der Waals surface area contributed by atoms with Crippen molar-refractivity contribution >= 4 is 0 Å². The number of aliphatic hydroxyl groups is 2. The first-order valence-corrected chi connectivity index (χ1v) is 12.9. The van der Waals surface area contributed by atoms with E-state index in [0.717, 1.165) is 51.4 Å². The lowest BCUT2D eigenvalue weighted by Crippen LogP contribution is -2.58. The SMILES string of the molecule is CC[C@]1(O)CC[C@@]2(C)C(=CC[C@H]3C4CC[C@H]([C@H](C)CC(F)(F)CO)[C@@]4(C)C[C@H](OC)[C@@H]32)C1. The third kappa shape index (κ3) is 3.79. The summed E-state index contributed by atoms with van der Waals surface area (Å²) in [6.45, 7) is 7.72. The number of allylic oxidation sites excluding steroid dienone is 1. The van der Waals surface area contributed by atoms with E-state index in [-0.39, 0.29) is 35.2 Å². The minimum Gasteiger partial charge on any atom is -0.390 e. The lowest BCUT2D eigenvalue weighted by molar-refractivity contribution is -0.151. The van der Waals surface area contributed by atoms with Gasteiger partial charge in [-0.2, -0.15) is 0 Å². The fourth-order valence-electron chi connectivity index (χ4n) is 8.99. The van der Waals surface area contributed by atoms with Crippen LogP contribution in [0.1, 0.15) is 85.5 Å². The van der Waals surface area contributed by atoms with E-state index in [0.29, 0.717) is 17.8 Å². The number of fused-ring (bicyclic) bond motifs is 5. The van der Waals surface area contributed by atoms with E-state index in [1.165, 1.54) is 5.57 Å². The van der Waals surface area contributed by atoms with Gasteiger partial charge in [-0.15, -0.1) is 0 Å². The van der Waals surface area contributed by atoms with Gasteiger partial charge in [0.25, 0.3) is 5.92 Å². The summed E-state index contributed by atoms with van der Waals surface area (Å²) in [4.78, 5) is 0. The fourth-order valence-corrected chi connectivity index (χ4v) is 8.99. The molecule has 4 rings (SSSR count). The number of methoxy groups -OCH3 is 1. The van der Waals surface area contributed by atoms with Crippen LogP contribution in [-0.2, 0) is 4.74 Å². The monoisotopic (exact) mass is 454 g/mol. The predicted octanol–water partition coefficient (Wildman–Crippen LogP) is 5.99. The van der Waals surface area contributed by atoms with E-state index in [1.54, 1.807) is 0 Å². The van der Waals surface area contributed by atoms with Crippen LogP contribution in [0.4, 0.5) is 8.78 Å². The number of aliphatic hydroxyl groups excluding tert-OH is 1. The molecule has 3 fully saturated rings. The second-order valence-corrected chi connectivity index (χ2v) is 12.3. The van der Waals surface area contributed by atoms with Crippen molar-refractivity contribution in [3.05, 3.63) is 11.6 Å². The van der Waals surface area contributed by atoms with Crippen LogP contribution in [-0.4, -0.2) is 41.6 Å². The maximum absolute atomic E-state index is 14.0. The first kappa shape index (κ1) is 24.6. The molecule has 0 aromatic rings. The highest BCUT2D eigenvalue weighted by molar-refractivity contribution is 5.28. The quantitative estimate of drug-likeness (QED) is 0.485. The molecule has 4 aliphatic rings. The Balaban J connectivity index is 1.63. The minimum atomic E-state index is -3.00. The molecule has 2 N–H and O–H groups in total. The number of alkyl halides is 2. The highest BCUT2D eigenvalue weighted by Crippen LogP contribution is 2.68. The smallest absolute Gasteiger partial charge is 0.270 e. The van der Waals surface area contributed by atoms with E-state index in [9.17, 15) is 13.9 Å². The number of halogens is 2. The van der Waals surface area contributed by atoms with Crippen molar-refractivity contribution in [3.8, 4) is 0 Å². The van der Waals surface area contributed by atoms with Gasteiger partial charge in [0.15, 0.2) is 0 Å². The molecule has 184 valence electrons. The maximum Gasteiger partial charge on any atom is 0.270 e. The molecule has 0 aromatic heterocycles. The second kappa shape index (κ2) is 8.30. The zero-order valence-corrected chi connectivity index (χ0v) is 20.7. The molecule has 3 saturated carbocycles. The van der Waals surface area contributed by atoms with Crippen LogP contribution in [0.15, 0.2) is 11.6 Å². The molecule has 0 radical (unpaired) electrons. The summed E-state index contributed by atoms with van der Waals surface area (Å²) in [7, 11) is 1.82. The third-order valence-electron chi connectivity index (χ3n) is 10.7. The number of rotatable bonds is 6. The lowest BCUT2D eigenvalue weighted by atomic mass is 9.45. The van der Waals surface area contributed by atoms with Crippen molar-refractivity contribution in [2.45, 2.75) is 103 Å². The van der Waals surface area contributed by atoms with Crippen LogP contribution >= 0.6 is 0 Å². The molecule has 0 bridgehead atoms. The van der Waals surface area contributed by atoms with Gasteiger partial charge in [-0.3, -0.25) is 0 Å². The van der Waals surface area contributed by atoms with E-state index in [4.69, 9.17) is 9.84 Å². The Morgan fingerprint density at radius 1 is 1.25 bits per heavy atom. The summed E-state index contributed by atoms with van der Waals surface area (Å²) in [6.07, 6.45) is 9.76. The van der Waals surface area contributed by atoms with Gasteiger partial charge in [-0.1, -0.05) is 39.3 Å². The number of hydrogen-bond donors (Lipinski definition) is 2. The number of hydrogen-bond acceptors (Lipinski definition) is 3. The average Bonchev–Trinajstić information content (AvgIpc) is 3.10. The fraction of sp³-hybridized carbons (Fsp3) is 0.926. The summed E-state index contributed by atoms with van der Waals surface area (Å²) < 4.78 is 34.3. The van der Waals surface area contributed by atoms with E-state index in [2.05, 4.69) is 26.8 Å². The van der Waals surface area contributed by atoms with Gasteiger partial charge < -0.3 is 14.9 Å². The Morgan fingerprint density at radius 2 is 1.97 bits per heavy atom. The van der Waals surface area contributed by atoms with Crippen molar-refractivity contribution in [2.75, 3.05) is 13.7 Å². The van der Waals surface area contributed by atoms with Crippen molar-refractivity contribution < 1.29 is 23.7 Å². The largest absolute Gasteiger partial charge is 0.390 e. The molecule has 0 aromatic carbocycles. The molecule has 0 saturated heterocycles. The molecule has 5 heteroatoms. The Labute approximate surface area is 193 Å². The van der Waals surface area contributed by atoms with E-state index in [1.807, 2.05) is 14.0 Å². The van der Waals surface area contributed by atoms with Crippen LogP contribution in [0, 0.1) is 40.4 Å². The Bertz CT molecular complexity index is 738. The van der Waals surface area contributed by atoms with Crippen LogP contribution in [0.5, 0.6) is 0 Å². The summed E-state index contributed by atoms with van der Waals surface area (Å²) in [6, 6.07) is 0. The first-order valence-electron chi connectivity index (χ1n) is 12.9. The third-order valence-corrected chi connectivity index (χ3v) is 10.7. The van der Waals surface area contributed by atoms with Crippen molar-refractivity contribution in [1.82, 2.24) is 0 Å². The van der Waals surface area contributed by atoms with Gasteiger partial charge in [0.2, 0.25) is 0 Å². The molecule has 1 unspecified atom stereocenters. The van der Waals surface area contributed by atoms with Gasteiger partial charge in [0, 0.05) is 13.5 Å². The average molecular weight is 455 g/mol. The van der Waals surface area contributed by atoms with Gasteiger partial charge in [-0.05, 0) is 91.8 Å². The van der Waals surface area contributed by atoms with Gasteiger partial charge in [-0.25, -0.2) is 8.78 Å². The van der Waals surface area contributed by atoms with Gasteiger partial charge in [0.05, 0.1) is 11.7 Å². The van der Waals surface area contributed by atoms with Gasteiger partial charge in [0.1, 0.15) is 6.61 Å². The summed E-state index contributed by atoms with van der Waals surface area (Å²) in [5.41, 5.74) is 0.897. The summed E-state index contributed by atoms with van der Waals surface area (Å²) in [5, 5.41) is 20.1. The Hall–Kier alpha value is -0.520. The molecule has 0 spiro atoms. The molecule has 0 amide bonds. The molecule has 4 aliphatic carbocycles. The molecular formula is C27H44F2O3. The standard InChI is InChI=1S/C27H44F2O3/c1-6-26(31)12-11-24(3)18(14-26)7-8-19-21-10-9-20(17(2)13-27(28,29)16-30)25(21,4)15-22(32-5)23(19)24/h7,17,19-23,30-31H,6,8-16H2,1-5H3/t17-,19+,20-,21?,22+,23-,24+,25-,26+/m1/s1. The zero-order chi connectivity index (χ0) is 23.5. The van der Waals surface area contributed by atoms with E-state index < -0.39 is 18.1 Å². The maximum atomic E-state index is 14.0. The Kier molecular flexibility index (Phi) is 6.38. The molecule has 0 heterocycles. The van der Waals surface area contributed by atoms with Crippen LogP contribution < -0.4 is 0 Å². The van der Waals surface area contributed by atoms with Crippen molar-refractivity contribution in [2.24, 2.45) is 40.4 Å². The summed E-state index contributed by atoms with van der Waals surface area (Å²) in [5.74, 6) is -1.43. The zero-order valence-electron chi connectivity index (χ0n) is 20.7. The van der Waals surface area contributed by atoms with Crippen molar-refractivity contribution in [1.29, 1.82) is 0 Å². The lowest BCUT2D eigenvalue weighted by Gasteiger charge is -2.61. The molecule has 0 aliphatic heterocycles.